The molecule has 1 saturated heterocycles. The molecule has 52 heavy (non-hydrogen) atoms. The van der Waals surface area contributed by atoms with Gasteiger partial charge >= 0.3 is 6.18 Å². The maximum absolute atomic E-state index is 13.9. The minimum atomic E-state index is -4.20. The summed E-state index contributed by atoms with van der Waals surface area (Å²) in [5.41, 5.74) is 4.34. The Hall–Kier alpha value is -4.33. The molecule has 1 aliphatic heterocycles. The smallest absolute Gasteiger partial charge is 0.389 e. The molecule has 15 heteroatoms. The van der Waals surface area contributed by atoms with Gasteiger partial charge in [-0.05, 0) is 80.3 Å². The van der Waals surface area contributed by atoms with E-state index in [0.717, 1.165) is 61.1 Å². The number of hydrogen-bond acceptors (Lipinski definition) is 7. The van der Waals surface area contributed by atoms with E-state index >= 15 is 0 Å². The Kier molecular flexibility index (Phi) is 11.9. The van der Waals surface area contributed by atoms with Crippen LogP contribution in [0, 0.1) is 0 Å². The Morgan fingerprint density at radius 2 is 1.87 bits per heavy atom. The van der Waals surface area contributed by atoms with Gasteiger partial charge in [0.05, 0.1) is 39.9 Å². The van der Waals surface area contributed by atoms with E-state index in [1.54, 1.807) is 36.3 Å². The minimum absolute atomic E-state index is 0.0134. The fraction of sp³-hybridized carbons (Fsp3) is 0.405. The Morgan fingerprint density at radius 3 is 2.58 bits per heavy atom. The maximum atomic E-state index is 13.9. The first kappa shape index (κ1) is 37.4. The average molecular weight is 758 g/mol. The number of aromatic amines is 1. The van der Waals surface area contributed by atoms with E-state index in [-0.39, 0.29) is 30.8 Å². The van der Waals surface area contributed by atoms with Gasteiger partial charge in [-0.3, -0.25) is 4.79 Å². The summed E-state index contributed by atoms with van der Waals surface area (Å²) in [6.45, 7) is 3.12. The first-order valence-electron chi connectivity index (χ1n) is 17.2. The number of H-pyrrole nitrogens is 1. The van der Waals surface area contributed by atoms with Crippen molar-refractivity contribution in [2.75, 3.05) is 45.7 Å². The van der Waals surface area contributed by atoms with Crippen molar-refractivity contribution in [2.45, 2.75) is 56.8 Å². The van der Waals surface area contributed by atoms with E-state index in [1.807, 2.05) is 47.0 Å². The summed E-state index contributed by atoms with van der Waals surface area (Å²) in [5.74, 6) is 0.838. The predicted octanol–water partition coefficient (Wildman–Crippen LogP) is 8.30. The first-order valence-corrected chi connectivity index (χ1v) is 18.0. The van der Waals surface area contributed by atoms with Crippen LogP contribution >= 0.6 is 23.2 Å². The lowest BCUT2D eigenvalue weighted by Gasteiger charge is -2.34. The Labute approximate surface area is 310 Å². The van der Waals surface area contributed by atoms with Gasteiger partial charge in [-0.25, -0.2) is 4.98 Å². The lowest BCUT2D eigenvalue weighted by molar-refractivity contribution is -0.135. The number of piperidine rings is 1. The Balaban J connectivity index is 1.10. The second kappa shape index (κ2) is 16.6. The lowest BCUT2D eigenvalue weighted by atomic mass is 9.93. The van der Waals surface area contributed by atoms with Crippen LogP contribution in [0.25, 0.3) is 22.3 Å². The highest BCUT2D eigenvalue weighted by molar-refractivity contribution is 6.42. The summed E-state index contributed by atoms with van der Waals surface area (Å²) >= 11 is 12.7. The third kappa shape index (κ3) is 9.17. The number of ether oxygens (including phenoxy) is 1. The number of nitrogens with one attached hydrogen (secondary N) is 2. The molecule has 0 aliphatic carbocycles. The third-order valence-electron chi connectivity index (χ3n) is 9.61. The number of carbonyl (C=O) groups is 1. The van der Waals surface area contributed by atoms with Gasteiger partial charge in [-0.15, -0.1) is 0 Å². The van der Waals surface area contributed by atoms with Crippen molar-refractivity contribution in [3.8, 4) is 17.0 Å². The molecule has 1 aliphatic rings. The molecule has 5 aromatic rings. The van der Waals surface area contributed by atoms with E-state index in [4.69, 9.17) is 32.9 Å². The maximum Gasteiger partial charge on any atom is 0.389 e. The molecule has 10 nitrogen and oxygen atoms in total. The van der Waals surface area contributed by atoms with Crippen molar-refractivity contribution in [2.24, 2.45) is 0 Å². The van der Waals surface area contributed by atoms with E-state index in [2.05, 4.69) is 25.6 Å². The fourth-order valence-electron chi connectivity index (χ4n) is 6.80. The molecule has 1 fully saturated rings. The third-order valence-corrected chi connectivity index (χ3v) is 10.3. The fourth-order valence-corrected chi connectivity index (χ4v) is 7.10. The number of likely N-dealkylation sites (tertiary alicyclic amines) is 1. The molecule has 0 spiro atoms. The molecule has 2 N–H and O–H groups in total. The van der Waals surface area contributed by atoms with Gasteiger partial charge in [0.25, 0.3) is 5.91 Å². The van der Waals surface area contributed by atoms with Gasteiger partial charge < -0.3 is 24.4 Å². The van der Waals surface area contributed by atoms with Crippen LogP contribution in [0.5, 0.6) is 5.75 Å². The topological polar surface area (TPSA) is 104 Å². The number of anilines is 1. The van der Waals surface area contributed by atoms with E-state index in [1.165, 1.54) is 7.11 Å². The number of nitrogens with zero attached hydrogens (tertiary/aromatic N) is 6. The largest absolute Gasteiger partial charge is 0.496 e. The van der Waals surface area contributed by atoms with Crippen LogP contribution in [0.2, 0.25) is 10.0 Å². The number of carbonyl (C=O) groups excluding carboxylic acids is 1. The number of aromatic nitrogens is 5. The number of likely N-dealkylation sites (N-methyl/N-ethyl adjacent to an activating group) is 1. The van der Waals surface area contributed by atoms with Gasteiger partial charge in [-0.1, -0.05) is 41.4 Å². The molecular weight excluding hydrogens is 716 g/mol. The zero-order valence-corrected chi connectivity index (χ0v) is 30.5. The molecular formula is C37H41Cl2F3N8O2. The van der Waals surface area contributed by atoms with Crippen LogP contribution in [0.4, 0.5) is 19.1 Å². The standard InChI is InChI=1S/C37H41Cl2F3N8O2/c1-48(35(51)28-20-25(9-11-34(28)52-2)32-22-43-47-46-32)23-26(24-8-10-29(38)30(39)21-24)12-17-49-18-13-27(14-19-49)44-36-45-31-6-3-4-7-33(31)50(36)16-5-15-37(40,41)42/h3-4,6-11,20-22,26-27H,5,12-19,23H2,1-2H3,(H,44,45)(H,43,46,47). The number of halogens is 5. The zero-order chi connectivity index (χ0) is 36.8. The number of hydrogen-bond donors (Lipinski definition) is 2. The number of aryl methyl sites for hydroxylation is 1. The van der Waals surface area contributed by atoms with Crippen molar-refractivity contribution >= 4 is 46.1 Å². The second-order valence-electron chi connectivity index (χ2n) is 13.2. The van der Waals surface area contributed by atoms with Crippen molar-refractivity contribution in [3.63, 3.8) is 0 Å². The highest BCUT2D eigenvalue weighted by Gasteiger charge is 2.28. The monoisotopic (exact) mass is 756 g/mol. The Bertz CT molecular complexity index is 1960. The Morgan fingerprint density at radius 1 is 1.08 bits per heavy atom. The average Bonchev–Trinajstić information content (AvgIpc) is 3.79. The van der Waals surface area contributed by atoms with E-state index < -0.39 is 12.6 Å². The molecule has 0 bridgehead atoms. The number of amides is 1. The zero-order valence-electron chi connectivity index (χ0n) is 29.0. The minimum Gasteiger partial charge on any atom is -0.496 e. The first-order chi connectivity index (χ1) is 25.0. The molecule has 6 rings (SSSR count). The molecule has 1 unspecified atom stereocenters. The van der Waals surface area contributed by atoms with Crippen LogP contribution in [-0.2, 0) is 6.54 Å². The number of benzene rings is 3. The summed E-state index contributed by atoms with van der Waals surface area (Å²) in [7, 11) is 3.32. The molecule has 1 atom stereocenters. The number of imidazole rings is 1. The predicted molar refractivity (Wildman–Crippen MR) is 197 cm³/mol. The molecule has 1 amide bonds. The van der Waals surface area contributed by atoms with Crippen molar-refractivity contribution in [3.05, 3.63) is 88.0 Å². The van der Waals surface area contributed by atoms with Crippen LogP contribution < -0.4 is 10.1 Å². The summed E-state index contributed by atoms with van der Waals surface area (Å²) in [4.78, 5) is 22.7. The highest BCUT2D eigenvalue weighted by atomic mass is 35.5. The lowest BCUT2D eigenvalue weighted by Crippen LogP contribution is -2.40. The van der Waals surface area contributed by atoms with Gasteiger partial charge in [0.1, 0.15) is 11.4 Å². The van der Waals surface area contributed by atoms with Gasteiger partial charge in [0.15, 0.2) is 0 Å². The number of rotatable bonds is 14. The molecule has 3 aromatic carbocycles. The van der Waals surface area contributed by atoms with Crippen molar-refractivity contribution in [1.82, 2.24) is 34.8 Å². The molecule has 276 valence electrons. The normalized spacial score (nSPS) is 14.8. The van der Waals surface area contributed by atoms with Crippen molar-refractivity contribution < 1.29 is 22.7 Å². The molecule has 3 heterocycles. The number of fused-ring (bicyclic) bond motifs is 1. The number of methoxy groups -OCH3 is 1. The number of para-hydroxylation sites is 2. The van der Waals surface area contributed by atoms with Crippen LogP contribution in [0.3, 0.4) is 0 Å². The molecule has 0 saturated carbocycles. The van der Waals surface area contributed by atoms with Crippen LogP contribution in [0.15, 0.2) is 66.9 Å². The summed E-state index contributed by atoms with van der Waals surface area (Å²) in [6.07, 6.45) is -0.987. The second-order valence-corrected chi connectivity index (χ2v) is 14.0. The van der Waals surface area contributed by atoms with Crippen molar-refractivity contribution in [1.29, 1.82) is 0 Å². The molecule has 0 radical (unpaired) electrons. The quantitative estimate of drug-likeness (QED) is 0.118. The van der Waals surface area contributed by atoms with Gasteiger partial charge in [-0.2, -0.15) is 28.6 Å². The molecule has 2 aromatic heterocycles. The number of alkyl halides is 3. The van der Waals surface area contributed by atoms with Gasteiger partial charge in [0, 0.05) is 57.2 Å². The van der Waals surface area contributed by atoms with E-state index in [9.17, 15) is 18.0 Å². The highest BCUT2D eigenvalue weighted by Crippen LogP contribution is 2.32. The summed E-state index contributed by atoms with van der Waals surface area (Å²) in [5, 5.41) is 15.1. The van der Waals surface area contributed by atoms with Crippen LogP contribution in [-0.4, -0.2) is 93.2 Å². The van der Waals surface area contributed by atoms with Gasteiger partial charge in [0.2, 0.25) is 5.95 Å². The summed E-state index contributed by atoms with van der Waals surface area (Å²) < 4.78 is 46.2. The van der Waals surface area contributed by atoms with Crippen LogP contribution in [0.1, 0.15) is 53.9 Å². The summed E-state index contributed by atoms with van der Waals surface area (Å²) in [6, 6.07) is 18.6. The SMILES string of the molecule is COc1ccc(-c2cn[nH]n2)cc1C(=O)N(C)CC(CCN1CCC(Nc2nc3ccccc3n2CCCC(F)(F)F)CC1)c1ccc(Cl)c(Cl)c1. The van der Waals surface area contributed by atoms with E-state index in [0.29, 0.717) is 39.5 Å².